The smallest absolute Gasteiger partial charge is 0.188 e. The highest BCUT2D eigenvalue weighted by atomic mass is 32.2. The number of hydrogen-bond acceptors (Lipinski definition) is 4. The molecule has 41 heavy (non-hydrogen) atoms. The van der Waals surface area contributed by atoms with Crippen molar-refractivity contribution in [1.29, 1.82) is 0 Å². The summed E-state index contributed by atoms with van der Waals surface area (Å²) in [6.07, 6.45) is 34.7. The highest BCUT2D eigenvalue weighted by Crippen LogP contribution is 2.20. The van der Waals surface area contributed by atoms with Crippen LogP contribution in [0.25, 0.3) is 0 Å². The Morgan fingerprint density at radius 1 is 0.634 bits per heavy atom. The van der Waals surface area contributed by atoms with Crippen LogP contribution in [0.1, 0.15) is 181 Å². The number of likely N-dealkylation sites (N-methyl/N-ethyl adjacent to an activating group) is 1. The van der Waals surface area contributed by atoms with Gasteiger partial charge in [-0.2, -0.15) is 0 Å². The van der Waals surface area contributed by atoms with Crippen molar-refractivity contribution in [3.05, 3.63) is 0 Å². The molecule has 0 fully saturated rings. The Morgan fingerprint density at radius 2 is 1.05 bits per heavy atom. The lowest BCUT2D eigenvalue weighted by atomic mass is 10.0. The van der Waals surface area contributed by atoms with Gasteiger partial charge in [0.2, 0.25) is 0 Å². The average Bonchev–Trinajstić information content (AvgIpc) is 2.96. The molecule has 0 aliphatic rings. The molecule has 0 aliphatic carbocycles. The Labute approximate surface area is 264 Å². The van der Waals surface area contributed by atoms with Crippen LogP contribution in [0.4, 0.5) is 0 Å². The molecule has 0 saturated heterocycles. The number of unbranched alkanes of at least 4 members (excludes halogenated alkanes) is 21. The van der Waals surface area contributed by atoms with Crippen molar-refractivity contribution < 1.29 is 9.22 Å². The van der Waals surface area contributed by atoms with Crippen LogP contribution in [0, 0.1) is 0 Å². The summed E-state index contributed by atoms with van der Waals surface area (Å²) < 4.78 is 6.47. The van der Waals surface area contributed by atoms with E-state index >= 15 is 0 Å². The van der Waals surface area contributed by atoms with Gasteiger partial charge >= 0.3 is 0 Å². The van der Waals surface area contributed by atoms with Crippen LogP contribution in [-0.4, -0.2) is 38.9 Å². The van der Waals surface area contributed by atoms with Crippen molar-refractivity contribution in [2.45, 2.75) is 206 Å². The topological polar surface area (TPSA) is 38.3 Å². The summed E-state index contributed by atoms with van der Waals surface area (Å²) in [5, 5.41) is 3.89. The van der Waals surface area contributed by atoms with Crippen molar-refractivity contribution in [3.63, 3.8) is 0 Å². The number of carbonyl (C=O) groups excluding carboxylic acids is 1. The Bertz CT molecular complexity index is 546. The molecule has 1 atom stereocenters. The van der Waals surface area contributed by atoms with Crippen LogP contribution in [0.3, 0.4) is 0 Å². The van der Waals surface area contributed by atoms with Gasteiger partial charge in [0.05, 0.1) is 0 Å². The van der Waals surface area contributed by atoms with Crippen molar-refractivity contribution >= 4 is 25.2 Å². The molecule has 246 valence electrons. The lowest BCUT2D eigenvalue weighted by Crippen LogP contribution is -2.38. The lowest BCUT2D eigenvalue weighted by molar-refractivity contribution is -0.111. The van der Waals surface area contributed by atoms with Gasteiger partial charge in [-0.25, -0.2) is 0 Å². The summed E-state index contributed by atoms with van der Waals surface area (Å²) in [5.74, 6) is 0.963. The van der Waals surface area contributed by atoms with Gasteiger partial charge in [-0.3, -0.25) is 4.79 Å². The van der Waals surface area contributed by atoms with Crippen molar-refractivity contribution in [3.8, 4) is 0 Å². The van der Waals surface area contributed by atoms with Crippen LogP contribution in [-0.2, 0) is 9.22 Å². The number of rotatable bonds is 33. The summed E-state index contributed by atoms with van der Waals surface area (Å²) in [5.41, 5.74) is 0. The Kier molecular flexibility index (Phi) is 31.7. The van der Waals surface area contributed by atoms with Gasteiger partial charge in [0.15, 0.2) is 13.4 Å². The van der Waals surface area contributed by atoms with E-state index in [9.17, 15) is 4.79 Å². The van der Waals surface area contributed by atoms with E-state index < -0.39 is 8.32 Å². The first-order valence-electron chi connectivity index (χ1n) is 18.4. The van der Waals surface area contributed by atoms with Gasteiger partial charge in [-0.1, -0.05) is 167 Å². The van der Waals surface area contributed by atoms with Crippen molar-refractivity contribution in [2.24, 2.45) is 0 Å². The van der Waals surface area contributed by atoms with E-state index in [2.05, 4.69) is 39.3 Å². The van der Waals surface area contributed by atoms with Crippen LogP contribution < -0.4 is 5.32 Å². The fourth-order valence-corrected chi connectivity index (χ4v) is 8.52. The zero-order valence-corrected chi connectivity index (χ0v) is 30.6. The Balaban J connectivity index is 3.61. The van der Waals surface area contributed by atoms with Gasteiger partial charge < -0.3 is 9.74 Å². The molecular weight excluding hydrogens is 539 g/mol. The van der Waals surface area contributed by atoms with Crippen LogP contribution in [0.2, 0.25) is 19.1 Å². The van der Waals surface area contributed by atoms with Gasteiger partial charge in [-0.15, -0.1) is 0 Å². The molecule has 0 saturated carbocycles. The molecule has 0 bridgehead atoms. The molecule has 0 radical (unpaired) electrons. The Morgan fingerprint density at radius 3 is 1.49 bits per heavy atom. The van der Waals surface area contributed by atoms with Gasteiger partial charge in [0, 0.05) is 24.8 Å². The van der Waals surface area contributed by atoms with Crippen LogP contribution >= 0.6 is 11.8 Å². The highest BCUT2D eigenvalue weighted by Gasteiger charge is 2.23. The summed E-state index contributed by atoms with van der Waals surface area (Å²) in [4.78, 5) is 12.3. The average molecular weight is 614 g/mol. The minimum absolute atomic E-state index is 0.403. The second-order valence-corrected chi connectivity index (χ2v) is 18.8. The minimum atomic E-state index is -1.66. The molecular formula is C36H75NO2SSi. The van der Waals surface area contributed by atoms with Crippen molar-refractivity contribution in [2.75, 3.05) is 19.4 Å². The maximum absolute atomic E-state index is 12.3. The predicted molar refractivity (Wildman–Crippen MR) is 190 cm³/mol. The first-order chi connectivity index (χ1) is 19.9. The van der Waals surface area contributed by atoms with E-state index in [1.54, 1.807) is 11.8 Å². The summed E-state index contributed by atoms with van der Waals surface area (Å²) >= 11 is 1.57. The number of nitrogens with one attached hydrogen (secondary N) is 1. The normalized spacial score (nSPS) is 12.7. The predicted octanol–water partition coefficient (Wildman–Crippen LogP) is 12.2. The van der Waals surface area contributed by atoms with E-state index in [0.29, 0.717) is 11.2 Å². The number of carbonyl (C=O) groups is 1. The molecule has 0 aromatic rings. The maximum Gasteiger partial charge on any atom is 0.188 e. The van der Waals surface area contributed by atoms with Crippen LogP contribution in [0.5, 0.6) is 0 Å². The first kappa shape index (κ1) is 41.2. The fraction of sp³-hybridized carbons (Fsp3) is 0.972. The maximum atomic E-state index is 12.3. The SMILES string of the molecule is CCCCCCCCCCCCCCCC(=O)SCCC[Si](C)(C)OCC(CCCCCCCCCCCC)NC. The zero-order chi connectivity index (χ0) is 30.3. The second kappa shape index (κ2) is 31.6. The molecule has 1 N–H and O–H groups in total. The molecule has 0 aliphatic heterocycles. The third-order valence-corrected chi connectivity index (χ3v) is 12.2. The molecule has 0 spiro atoms. The summed E-state index contributed by atoms with van der Waals surface area (Å²) in [7, 11) is 0.423. The third kappa shape index (κ3) is 31.4. The fourth-order valence-electron chi connectivity index (χ4n) is 5.63. The molecule has 0 aromatic heterocycles. The van der Waals surface area contributed by atoms with Gasteiger partial charge in [0.1, 0.15) is 0 Å². The number of thioether (sulfide) groups is 1. The first-order valence-corrected chi connectivity index (χ1v) is 22.5. The molecule has 0 rings (SSSR count). The standard InChI is InChI=1S/C36H75NO2SSi/c1-6-8-10-12-14-16-18-19-20-22-24-26-28-31-36(38)40-32-29-33-41(4,5)39-34-35(37-3)30-27-25-23-21-17-15-13-11-9-7-2/h35,37H,6-34H2,1-5H3. The zero-order valence-electron chi connectivity index (χ0n) is 28.8. The molecule has 0 amide bonds. The molecule has 3 nitrogen and oxygen atoms in total. The summed E-state index contributed by atoms with van der Waals surface area (Å²) in [6.45, 7) is 10.1. The van der Waals surface area contributed by atoms with Gasteiger partial charge in [0.25, 0.3) is 0 Å². The molecule has 1 unspecified atom stereocenters. The van der Waals surface area contributed by atoms with Crippen LogP contribution in [0.15, 0.2) is 0 Å². The van der Waals surface area contributed by atoms with E-state index in [1.807, 2.05) is 0 Å². The van der Waals surface area contributed by atoms with Gasteiger partial charge in [-0.05, 0) is 45.4 Å². The lowest BCUT2D eigenvalue weighted by Gasteiger charge is -2.26. The largest absolute Gasteiger partial charge is 0.416 e. The highest BCUT2D eigenvalue weighted by molar-refractivity contribution is 8.13. The molecule has 0 aromatic carbocycles. The molecule has 0 heterocycles. The third-order valence-electron chi connectivity index (χ3n) is 8.66. The van der Waals surface area contributed by atoms with E-state index in [0.717, 1.165) is 37.7 Å². The second-order valence-electron chi connectivity index (χ2n) is 13.3. The summed E-state index contributed by atoms with van der Waals surface area (Å²) in [6, 6.07) is 1.63. The monoisotopic (exact) mass is 614 g/mol. The molecule has 5 heteroatoms. The quantitative estimate of drug-likeness (QED) is 0.0590. The van der Waals surface area contributed by atoms with Crippen molar-refractivity contribution in [1.82, 2.24) is 5.32 Å². The van der Waals surface area contributed by atoms with E-state index in [4.69, 9.17) is 4.43 Å². The number of hydrogen-bond donors (Lipinski definition) is 1. The van der Waals surface area contributed by atoms with E-state index in [1.165, 1.54) is 148 Å². The Hall–Kier alpha value is 0.157. The minimum Gasteiger partial charge on any atom is -0.416 e. The van der Waals surface area contributed by atoms with E-state index in [-0.39, 0.29) is 0 Å².